The molecule has 5 heteroatoms. The van der Waals surface area contributed by atoms with E-state index >= 15 is 0 Å². The van der Waals surface area contributed by atoms with Gasteiger partial charge in [0.05, 0.1) is 12.3 Å². The summed E-state index contributed by atoms with van der Waals surface area (Å²) in [6.45, 7) is 1.85. The Bertz CT molecular complexity index is 513. The van der Waals surface area contributed by atoms with Crippen LogP contribution < -0.4 is 4.90 Å². The second-order valence-electron chi connectivity index (χ2n) is 4.87. The summed E-state index contributed by atoms with van der Waals surface area (Å²) in [4.78, 5) is 14.5. The fraction of sp³-hybridized carbons (Fsp3) is 0.357. The summed E-state index contributed by atoms with van der Waals surface area (Å²) in [6, 6.07) is 3.77. The minimum Gasteiger partial charge on any atom is -0.388 e. The van der Waals surface area contributed by atoms with E-state index in [1.165, 1.54) is 0 Å². The number of aliphatic hydroxyl groups excluding tert-OH is 1. The van der Waals surface area contributed by atoms with E-state index in [1.54, 1.807) is 31.0 Å². The molecule has 5 nitrogen and oxygen atoms in total. The third kappa shape index (κ3) is 2.71. The number of hydrogen-bond donors (Lipinski definition) is 1. The van der Waals surface area contributed by atoms with Crippen molar-refractivity contribution in [2.24, 2.45) is 5.92 Å². The predicted molar refractivity (Wildman–Crippen MR) is 71.5 cm³/mol. The minimum absolute atomic E-state index is 0.428. The Balaban J connectivity index is 1.52. The van der Waals surface area contributed by atoms with Gasteiger partial charge in [-0.3, -0.25) is 9.97 Å². The molecule has 1 atom stereocenters. The van der Waals surface area contributed by atoms with Crippen molar-refractivity contribution >= 4 is 5.82 Å². The van der Waals surface area contributed by atoms with E-state index in [-0.39, 0.29) is 0 Å². The molecule has 98 valence electrons. The Morgan fingerprint density at radius 2 is 2.05 bits per heavy atom. The molecule has 19 heavy (non-hydrogen) atoms. The number of anilines is 1. The second-order valence-corrected chi connectivity index (χ2v) is 4.87. The van der Waals surface area contributed by atoms with Crippen LogP contribution in [-0.2, 0) is 0 Å². The zero-order valence-corrected chi connectivity index (χ0v) is 10.6. The van der Waals surface area contributed by atoms with Gasteiger partial charge in [-0.1, -0.05) is 6.07 Å². The van der Waals surface area contributed by atoms with Gasteiger partial charge in [-0.15, -0.1) is 0 Å². The Morgan fingerprint density at radius 3 is 2.74 bits per heavy atom. The highest BCUT2D eigenvalue weighted by Crippen LogP contribution is 2.29. The zero-order chi connectivity index (χ0) is 13.1. The largest absolute Gasteiger partial charge is 0.388 e. The summed E-state index contributed by atoms with van der Waals surface area (Å²) in [7, 11) is 0. The molecule has 3 heterocycles. The van der Waals surface area contributed by atoms with Crippen molar-refractivity contribution in [3.63, 3.8) is 0 Å². The quantitative estimate of drug-likeness (QED) is 0.896. The van der Waals surface area contributed by atoms with E-state index in [4.69, 9.17) is 0 Å². The van der Waals surface area contributed by atoms with Crippen LogP contribution in [0.2, 0.25) is 0 Å². The van der Waals surface area contributed by atoms with Gasteiger partial charge in [0.15, 0.2) is 0 Å². The lowest BCUT2D eigenvalue weighted by Crippen LogP contribution is -2.47. The lowest BCUT2D eigenvalue weighted by molar-refractivity contribution is 0.134. The van der Waals surface area contributed by atoms with E-state index in [1.807, 2.05) is 12.1 Å². The molecule has 1 saturated heterocycles. The van der Waals surface area contributed by atoms with Gasteiger partial charge in [0.1, 0.15) is 5.82 Å². The summed E-state index contributed by atoms with van der Waals surface area (Å²) in [5.41, 5.74) is 0.889. The van der Waals surface area contributed by atoms with Crippen molar-refractivity contribution in [1.82, 2.24) is 15.0 Å². The number of nitrogens with zero attached hydrogens (tertiary/aromatic N) is 4. The number of pyridine rings is 1. The highest BCUT2D eigenvalue weighted by atomic mass is 16.3. The van der Waals surface area contributed by atoms with Crippen LogP contribution in [0, 0.1) is 5.92 Å². The first-order chi connectivity index (χ1) is 9.33. The van der Waals surface area contributed by atoms with Gasteiger partial charge >= 0.3 is 0 Å². The molecule has 1 N–H and O–H groups in total. The summed E-state index contributed by atoms with van der Waals surface area (Å²) in [5.74, 6) is 1.41. The SMILES string of the molecule is OC(CC1CN(c2cnccn2)C1)c1cccnc1. The number of aromatic nitrogens is 3. The highest BCUT2D eigenvalue weighted by molar-refractivity contribution is 5.38. The van der Waals surface area contributed by atoms with E-state index in [0.29, 0.717) is 5.92 Å². The van der Waals surface area contributed by atoms with Crippen LogP contribution in [0.5, 0.6) is 0 Å². The number of aliphatic hydroxyl groups is 1. The third-order valence-corrected chi connectivity index (χ3v) is 3.46. The molecular formula is C14H16N4O. The Kier molecular flexibility index (Phi) is 3.37. The molecule has 0 aliphatic carbocycles. The predicted octanol–water partition coefficient (Wildman–Crippen LogP) is 1.43. The van der Waals surface area contributed by atoms with Crippen molar-refractivity contribution in [1.29, 1.82) is 0 Å². The maximum atomic E-state index is 10.1. The molecule has 0 bridgehead atoms. The topological polar surface area (TPSA) is 62.1 Å². The Labute approximate surface area is 112 Å². The molecule has 0 saturated carbocycles. The third-order valence-electron chi connectivity index (χ3n) is 3.46. The van der Waals surface area contributed by atoms with Crippen LogP contribution in [0.1, 0.15) is 18.1 Å². The summed E-state index contributed by atoms with van der Waals surface area (Å²) in [6.07, 6.45) is 8.93. The molecule has 3 rings (SSSR count). The Hall–Kier alpha value is -2.01. The van der Waals surface area contributed by atoms with Crippen LogP contribution in [0.4, 0.5) is 5.82 Å². The van der Waals surface area contributed by atoms with Crippen molar-refractivity contribution in [3.8, 4) is 0 Å². The number of rotatable bonds is 4. The molecule has 1 aliphatic heterocycles. The fourth-order valence-corrected chi connectivity index (χ4v) is 2.39. The van der Waals surface area contributed by atoms with Gasteiger partial charge in [-0.25, -0.2) is 4.98 Å². The van der Waals surface area contributed by atoms with Crippen molar-refractivity contribution in [2.45, 2.75) is 12.5 Å². The van der Waals surface area contributed by atoms with Gasteiger partial charge in [0.25, 0.3) is 0 Å². The second kappa shape index (κ2) is 5.32. The van der Waals surface area contributed by atoms with E-state index in [9.17, 15) is 5.11 Å². The van der Waals surface area contributed by atoms with Gasteiger partial charge in [0, 0.05) is 37.9 Å². The lowest BCUT2D eigenvalue weighted by atomic mass is 9.91. The number of hydrogen-bond acceptors (Lipinski definition) is 5. The first kappa shape index (κ1) is 12.0. The fourth-order valence-electron chi connectivity index (χ4n) is 2.39. The molecule has 1 unspecified atom stereocenters. The maximum Gasteiger partial charge on any atom is 0.147 e. The molecular weight excluding hydrogens is 240 g/mol. The molecule has 2 aromatic heterocycles. The average Bonchev–Trinajstić information content (AvgIpc) is 2.44. The van der Waals surface area contributed by atoms with Crippen LogP contribution in [0.15, 0.2) is 43.1 Å². The normalized spacial score (nSPS) is 17.0. The van der Waals surface area contributed by atoms with Crippen LogP contribution >= 0.6 is 0 Å². The van der Waals surface area contributed by atoms with Crippen molar-refractivity contribution in [3.05, 3.63) is 48.7 Å². The summed E-state index contributed by atoms with van der Waals surface area (Å²) < 4.78 is 0. The van der Waals surface area contributed by atoms with E-state index < -0.39 is 6.10 Å². The highest BCUT2D eigenvalue weighted by Gasteiger charge is 2.29. The minimum atomic E-state index is -0.428. The van der Waals surface area contributed by atoms with Gasteiger partial charge < -0.3 is 10.0 Å². The Morgan fingerprint density at radius 1 is 1.21 bits per heavy atom. The molecule has 0 spiro atoms. The summed E-state index contributed by atoms with van der Waals surface area (Å²) >= 11 is 0. The average molecular weight is 256 g/mol. The lowest BCUT2D eigenvalue weighted by Gasteiger charge is -2.40. The molecule has 0 radical (unpaired) electrons. The molecule has 1 aliphatic rings. The maximum absolute atomic E-state index is 10.1. The molecule has 0 aromatic carbocycles. The monoisotopic (exact) mass is 256 g/mol. The van der Waals surface area contributed by atoms with Crippen molar-refractivity contribution < 1.29 is 5.11 Å². The molecule has 2 aromatic rings. The van der Waals surface area contributed by atoms with E-state index in [0.717, 1.165) is 30.9 Å². The zero-order valence-electron chi connectivity index (χ0n) is 10.6. The first-order valence-corrected chi connectivity index (χ1v) is 6.42. The van der Waals surface area contributed by atoms with Crippen molar-refractivity contribution in [2.75, 3.05) is 18.0 Å². The standard InChI is InChI=1S/C14H16N4O/c19-13(12-2-1-3-15-7-12)6-11-9-18(10-11)14-8-16-4-5-17-14/h1-5,7-8,11,13,19H,6,9-10H2. The smallest absolute Gasteiger partial charge is 0.147 e. The molecule has 1 fully saturated rings. The van der Waals surface area contributed by atoms with Crippen LogP contribution in [0.25, 0.3) is 0 Å². The van der Waals surface area contributed by atoms with E-state index in [2.05, 4.69) is 19.9 Å². The van der Waals surface area contributed by atoms with Crippen LogP contribution in [-0.4, -0.2) is 33.1 Å². The van der Waals surface area contributed by atoms with Gasteiger partial charge in [0.2, 0.25) is 0 Å². The molecule has 0 amide bonds. The van der Waals surface area contributed by atoms with Crippen LogP contribution in [0.3, 0.4) is 0 Å². The summed E-state index contributed by atoms with van der Waals surface area (Å²) in [5, 5.41) is 10.1. The van der Waals surface area contributed by atoms with Gasteiger partial charge in [-0.05, 0) is 24.0 Å². The first-order valence-electron chi connectivity index (χ1n) is 6.42. The van der Waals surface area contributed by atoms with Gasteiger partial charge in [-0.2, -0.15) is 0 Å².